The first-order chi connectivity index (χ1) is 14.5. The first-order valence-corrected chi connectivity index (χ1v) is 9.68. The summed E-state index contributed by atoms with van der Waals surface area (Å²) in [7, 11) is 0. The van der Waals surface area contributed by atoms with Crippen LogP contribution in [0.4, 0.5) is 28.8 Å². The second-order valence-corrected chi connectivity index (χ2v) is 6.87. The number of hydrogen-bond donors (Lipinski definition) is 2. The van der Waals surface area contributed by atoms with Crippen molar-refractivity contribution in [1.82, 2.24) is 9.97 Å². The number of halogens is 1. The first kappa shape index (κ1) is 20.9. The second kappa shape index (κ2) is 9.56. The standard InChI is InChI=1S/C23H19ClN6/c1-15-11-17(5-4-10-25)12-16(2)22(15)29-21-13-20(14-24)28-23(30-21)27-19-8-6-18(26-3)7-9-19/h4-9,11-13H,14H2,1-2H3,(H2,27,28,29,30). The Morgan fingerprint density at radius 3 is 2.40 bits per heavy atom. The van der Waals surface area contributed by atoms with Crippen molar-refractivity contribution in [2.75, 3.05) is 10.6 Å². The lowest BCUT2D eigenvalue weighted by Crippen LogP contribution is -2.05. The van der Waals surface area contributed by atoms with Gasteiger partial charge in [0.2, 0.25) is 5.95 Å². The predicted octanol–water partition coefficient (Wildman–Crippen LogP) is 6.41. The molecule has 0 aliphatic heterocycles. The summed E-state index contributed by atoms with van der Waals surface area (Å²) in [5, 5.41) is 15.2. The molecule has 0 bridgehead atoms. The molecule has 0 fully saturated rings. The molecule has 3 aromatic rings. The second-order valence-electron chi connectivity index (χ2n) is 6.60. The van der Waals surface area contributed by atoms with Gasteiger partial charge < -0.3 is 10.6 Å². The van der Waals surface area contributed by atoms with E-state index < -0.39 is 0 Å². The number of alkyl halides is 1. The average molecular weight is 415 g/mol. The van der Waals surface area contributed by atoms with Crippen molar-refractivity contribution >= 4 is 46.5 Å². The summed E-state index contributed by atoms with van der Waals surface area (Å²) in [6, 6.07) is 14.9. The van der Waals surface area contributed by atoms with Gasteiger partial charge in [0.25, 0.3) is 0 Å². The van der Waals surface area contributed by atoms with E-state index in [0.29, 0.717) is 23.1 Å². The van der Waals surface area contributed by atoms with E-state index in [4.69, 9.17) is 23.4 Å². The largest absolute Gasteiger partial charge is 0.340 e. The number of aryl methyl sites for hydroxylation is 2. The lowest BCUT2D eigenvalue weighted by Gasteiger charge is -2.15. The summed E-state index contributed by atoms with van der Waals surface area (Å²) in [5.41, 5.74) is 5.99. The number of nitriles is 1. The van der Waals surface area contributed by atoms with Gasteiger partial charge in [-0.15, -0.1) is 11.6 Å². The number of hydrogen-bond acceptors (Lipinski definition) is 5. The molecule has 30 heavy (non-hydrogen) atoms. The number of benzene rings is 2. The van der Waals surface area contributed by atoms with Crippen LogP contribution in [-0.4, -0.2) is 9.97 Å². The molecule has 2 aromatic carbocycles. The van der Waals surface area contributed by atoms with Gasteiger partial charge in [-0.05, 0) is 60.9 Å². The fraction of sp³-hybridized carbons (Fsp3) is 0.130. The van der Waals surface area contributed by atoms with Crippen molar-refractivity contribution < 1.29 is 0 Å². The normalized spacial score (nSPS) is 10.4. The van der Waals surface area contributed by atoms with Crippen molar-refractivity contribution in [2.45, 2.75) is 19.7 Å². The number of nitrogens with one attached hydrogen (secondary N) is 2. The van der Waals surface area contributed by atoms with Crippen LogP contribution in [0.2, 0.25) is 0 Å². The van der Waals surface area contributed by atoms with Crippen LogP contribution in [0.5, 0.6) is 0 Å². The minimum absolute atomic E-state index is 0.248. The molecular weight excluding hydrogens is 396 g/mol. The number of anilines is 4. The zero-order valence-corrected chi connectivity index (χ0v) is 17.3. The van der Waals surface area contributed by atoms with Crippen LogP contribution in [0.15, 0.2) is 48.5 Å². The van der Waals surface area contributed by atoms with Crippen LogP contribution in [-0.2, 0) is 5.88 Å². The lowest BCUT2D eigenvalue weighted by atomic mass is 10.0. The Bertz CT molecular complexity index is 1150. The summed E-state index contributed by atoms with van der Waals surface area (Å²) in [6.45, 7) is 11.0. The Morgan fingerprint density at radius 1 is 1.10 bits per heavy atom. The van der Waals surface area contributed by atoms with Gasteiger partial charge in [-0.3, -0.25) is 0 Å². The number of allylic oxidation sites excluding steroid dienone is 1. The number of nitrogens with zero attached hydrogens (tertiary/aromatic N) is 4. The van der Waals surface area contributed by atoms with Crippen LogP contribution in [0.1, 0.15) is 22.4 Å². The van der Waals surface area contributed by atoms with Crippen LogP contribution < -0.4 is 10.6 Å². The van der Waals surface area contributed by atoms with Crippen molar-refractivity contribution in [3.63, 3.8) is 0 Å². The highest BCUT2D eigenvalue weighted by Crippen LogP contribution is 2.27. The molecule has 0 atom stereocenters. The summed E-state index contributed by atoms with van der Waals surface area (Å²) in [4.78, 5) is 12.4. The van der Waals surface area contributed by atoms with E-state index in [-0.39, 0.29) is 5.88 Å². The van der Waals surface area contributed by atoms with Crippen molar-refractivity contribution in [3.05, 3.63) is 82.3 Å². The van der Waals surface area contributed by atoms with E-state index in [0.717, 1.165) is 28.1 Å². The first-order valence-electron chi connectivity index (χ1n) is 9.15. The van der Waals surface area contributed by atoms with E-state index in [1.165, 1.54) is 6.08 Å². The molecule has 0 unspecified atom stereocenters. The summed E-state index contributed by atoms with van der Waals surface area (Å²) < 4.78 is 0. The Morgan fingerprint density at radius 2 is 1.80 bits per heavy atom. The molecule has 6 nitrogen and oxygen atoms in total. The number of aromatic nitrogens is 2. The van der Waals surface area contributed by atoms with Gasteiger partial charge in [0, 0.05) is 23.5 Å². The van der Waals surface area contributed by atoms with E-state index in [2.05, 4.69) is 25.4 Å². The van der Waals surface area contributed by atoms with Crippen molar-refractivity contribution in [3.8, 4) is 6.07 Å². The van der Waals surface area contributed by atoms with Gasteiger partial charge in [0.1, 0.15) is 5.82 Å². The van der Waals surface area contributed by atoms with Gasteiger partial charge in [-0.25, -0.2) is 9.83 Å². The topological polar surface area (TPSA) is 78.0 Å². The van der Waals surface area contributed by atoms with E-state index in [9.17, 15) is 0 Å². The van der Waals surface area contributed by atoms with Gasteiger partial charge in [-0.1, -0.05) is 12.1 Å². The summed E-state index contributed by atoms with van der Waals surface area (Å²) in [5.74, 6) is 1.28. The molecule has 0 amide bonds. The maximum atomic E-state index is 8.73. The van der Waals surface area contributed by atoms with Crippen LogP contribution in [0.3, 0.4) is 0 Å². The smallest absolute Gasteiger partial charge is 0.229 e. The lowest BCUT2D eigenvalue weighted by molar-refractivity contribution is 1.09. The monoisotopic (exact) mass is 414 g/mol. The maximum absolute atomic E-state index is 8.73. The molecule has 0 aliphatic carbocycles. The zero-order chi connectivity index (χ0) is 21.5. The van der Waals surface area contributed by atoms with Gasteiger partial charge in [-0.2, -0.15) is 10.2 Å². The Hall–Kier alpha value is -3.87. The van der Waals surface area contributed by atoms with Crippen LogP contribution >= 0.6 is 11.6 Å². The fourth-order valence-corrected chi connectivity index (χ4v) is 3.12. The third kappa shape index (κ3) is 5.14. The maximum Gasteiger partial charge on any atom is 0.229 e. The van der Waals surface area contributed by atoms with Crippen molar-refractivity contribution in [2.24, 2.45) is 0 Å². The van der Waals surface area contributed by atoms with Gasteiger partial charge in [0.15, 0.2) is 5.69 Å². The molecular formula is C23H19ClN6. The molecule has 0 saturated carbocycles. The predicted molar refractivity (Wildman–Crippen MR) is 121 cm³/mol. The molecule has 0 spiro atoms. The molecule has 1 aromatic heterocycles. The summed E-state index contributed by atoms with van der Waals surface area (Å²) >= 11 is 6.04. The third-order valence-electron chi connectivity index (χ3n) is 4.33. The van der Waals surface area contributed by atoms with Crippen LogP contribution in [0, 0.1) is 31.8 Å². The Balaban J connectivity index is 1.89. The average Bonchev–Trinajstić information content (AvgIpc) is 2.75. The quantitative estimate of drug-likeness (QED) is 0.277. The fourth-order valence-electron chi connectivity index (χ4n) is 2.99. The minimum atomic E-state index is 0.248. The number of rotatable bonds is 6. The molecule has 2 N–H and O–H groups in total. The SMILES string of the molecule is [C-]#[N+]c1ccc(Nc2nc(CCl)cc(Nc3c(C)cc(C=CC#N)cc3C)n2)cc1. The molecule has 0 saturated heterocycles. The highest BCUT2D eigenvalue weighted by atomic mass is 35.5. The molecule has 1 heterocycles. The highest BCUT2D eigenvalue weighted by Gasteiger charge is 2.09. The molecule has 0 aliphatic rings. The van der Waals surface area contributed by atoms with Gasteiger partial charge >= 0.3 is 0 Å². The molecule has 3 rings (SSSR count). The van der Waals surface area contributed by atoms with Crippen molar-refractivity contribution in [1.29, 1.82) is 5.26 Å². The van der Waals surface area contributed by atoms with Gasteiger partial charge in [0.05, 0.1) is 24.2 Å². The molecule has 148 valence electrons. The van der Waals surface area contributed by atoms with Crippen LogP contribution in [0.25, 0.3) is 10.9 Å². The Kier molecular flexibility index (Phi) is 6.64. The van der Waals surface area contributed by atoms with E-state index in [1.807, 2.05) is 38.1 Å². The zero-order valence-electron chi connectivity index (χ0n) is 16.6. The summed E-state index contributed by atoms with van der Waals surface area (Å²) in [6.07, 6.45) is 3.24. The van der Waals surface area contributed by atoms with E-state index in [1.54, 1.807) is 30.3 Å². The molecule has 7 heteroatoms. The minimum Gasteiger partial charge on any atom is -0.340 e. The molecule has 0 radical (unpaired) electrons. The van der Waals surface area contributed by atoms with E-state index >= 15 is 0 Å². The Labute approximate surface area is 180 Å². The third-order valence-corrected chi connectivity index (χ3v) is 4.60. The highest BCUT2D eigenvalue weighted by molar-refractivity contribution is 6.16.